The van der Waals surface area contributed by atoms with E-state index in [2.05, 4.69) is 41.7 Å². The van der Waals surface area contributed by atoms with Crippen LogP contribution >= 0.6 is 31.9 Å². The lowest BCUT2D eigenvalue weighted by atomic mass is 10.2. The molecule has 114 valence electrons. The van der Waals surface area contributed by atoms with E-state index < -0.39 is 5.02 Å². The normalized spacial score (nSPS) is 19.9. The van der Waals surface area contributed by atoms with Gasteiger partial charge in [-0.2, -0.15) is 13.9 Å². The third-order valence-corrected chi connectivity index (χ3v) is 4.31. The first kappa shape index (κ1) is 15.2. The van der Waals surface area contributed by atoms with Crippen LogP contribution in [-0.2, 0) is 4.74 Å². The van der Waals surface area contributed by atoms with Crippen molar-refractivity contribution in [2.45, 2.75) is 30.5 Å². The van der Waals surface area contributed by atoms with Crippen LogP contribution in [0.1, 0.15) is 25.5 Å². The summed E-state index contributed by atoms with van der Waals surface area (Å²) in [5.41, 5.74) is 0.819. The van der Waals surface area contributed by atoms with Crippen molar-refractivity contribution in [3.05, 3.63) is 22.8 Å². The number of benzene rings is 1. The van der Waals surface area contributed by atoms with Gasteiger partial charge in [-0.25, -0.2) is 4.68 Å². The van der Waals surface area contributed by atoms with Crippen LogP contribution in [0.15, 0.2) is 22.8 Å². The molecule has 2 aromatic rings. The van der Waals surface area contributed by atoms with Crippen molar-refractivity contribution in [3.63, 3.8) is 0 Å². The van der Waals surface area contributed by atoms with Gasteiger partial charge in [0.15, 0.2) is 6.23 Å². The Hall–Kier alpha value is -0.730. The Morgan fingerprint density at radius 1 is 1.38 bits per heavy atom. The predicted molar refractivity (Wildman–Crippen MR) is 80.8 cm³/mol. The molecule has 1 saturated heterocycles. The van der Waals surface area contributed by atoms with Crippen LogP contribution in [0, 0.1) is 0 Å². The third-order valence-electron chi connectivity index (χ3n) is 3.33. The molecule has 1 aromatic heterocycles. The molecule has 0 bridgehead atoms. The van der Waals surface area contributed by atoms with Crippen LogP contribution in [-0.4, -0.2) is 21.4 Å². The highest BCUT2D eigenvalue weighted by molar-refractivity contribution is 9.10. The summed E-state index contributed by atoms with van der Waals surface area (Å²) in [4.78, 5) is 0. The molecule has 2 heterocycles. The van der Waals surface area contributed by atoms with Crippen molar-refractivity contribution < 1.29 is 18.3 Å². The summed E-state index contributed by atoms with van der Waals surface area (Å²) in [5.74, 6) is 0.0495. The topological polar surface area (TPSA) is 36.3 Å². The zero-order valence-electron chi connectivity index (χ0n) is 10.9. The zero-order chi connectivity index (χ0) is 15.0. The van der Waals surface area contributed by atoms with Gasteiger partial charge >= 0.3 is 5.02 Å². The molecule has 0 spiro atoms. The van der Waals surface area contributed by atoms with Gasteiger partial charge in [0, 0.05) is 27.9 Å². The molecule has 1 aliphatic rings. The number of aromatic nitrogens is 2. The van der Waals surface area contributed by atoms with Crippen molar-refractivity contribution in [3.8, 4) is 5.75 Å². The van der Waals surface area contributed by atoms with E-state index in [1.807, 2.05) is 0 Å². The quantitative estimate of drug-likeness (QED) is 0.661. The minimum absolute atomic E-state index is 0.0495. The molecule has 0 amide bonds. The summed E-state index contributed by atoms with van der Waals surface area (Å²) in [7, 11) is 0. The lowest BCUT2D eigenvalue weighted by Crippen LogP contribution is -2.19. The van der Waals surface area contributed by atoms with E-state index >= 15 is 0 Å². The molecule has 0 N–H and O–H groups in total. The van der Waals surface area contributed by atoms with Crippen LogP contribution < -0.4 is 4.74 Å². The van der Waals surface area contributed by atoms with E-state index in [0.717, 1.165) is 24.8 Å². The second kappa shape index (κ2) is 5.81. The van der Waals surface area contributed by atoms with Crippen molar-refractivity contribution in [1.82, 2.24) is 9.78 Å². The van der Waals surface area contributed by atoms with Crippen LogP contribution in [0.4, 0.5) is 8.78 Å². The number of nitrogens with zero attached hydrogens (tertiary/aromatic N) is 2. The highest BCUT2D eigenvalue weighted by atomic mass is 79.9. The smallest absolute Gasteiger partial charge is 0.423 e. The zero-order valence-corrected chi connectivity index (χ0v) is 14.0. The first-order valence-corrected chi connectivity index (χ1v) is 8.07. The van der Waals surface area contributed by atoms with Crippen LogP contribution in [0.25, 0.3) is 10.9 Å². The standard InChI is InChI=1S/C13H12Br2F2N2O2/c14-12-8-7-18-19(11-3-1-2-6-20-11)9(8)4-5-10(12)21-13(15,16)17/h4-5,7,11H,1-3,6H2. The number of fused-ring (bicyclic) bond motifs is 1. The molecular formula is C13H12Br2F2N2O2. The average Bonchev–Trinajstić information content (AvgIpc) is 2.86. The van der Waals surface area contributed by atoms with Crippen molar-refractivity contribution in [2.75, 3.05) is 6.61 Å². The van der Waals surface area contributed by atoms with E-state index in [4.69, 9.17) is 4.74 Å². The fraction of sp³-hybridized carbons (Fsp3) is 0.462. The molecule has 1 aliphatic heterocycles. The maximum atomic E-state index is 12.9. The second-order valence-corrected chi connectivity index (χ2v) is 6.48. The number of alkyl halides is 3. The van der Waals surface area contributed by atoms with Gasteiger partial charge in [-0.15, -0.1) is 0 Å². The van der Waals surface area contributed by atoms with Gasteiger partial charge < -0.3 is 9.47 Å². The minimum Gasteiger partial charge on any atom is -0.423 e. The first-order valence-electron chi connectivity index (χ1n) is 6.49. The molecule has 1 aromatic carbocycles. The molecule has 1 fully saturated rings. The number of rotatable bonds is 3. The maximum absolute atomic E-state index is 12.9. The average molecular weight is 426 g/mol. The van der Waals surface area contributed by atoms with Crippen molar-refractivity contribution >= 4 is 42.8 Å². The Morgan fingerprint density at radius 2 is 2.19 bits per heavy atom. The minimum atomic E-state index is -3.41. The lowest BCUT2D eigenvalue weighted by Gasteiger charge is -2.23. The first-order chi connectivity index (χ1) is 9.96. The number of hydrogen-bond acceptors (Lipinski definition) is 3. The summed E-state index contributed by atoms with van der Waals surface area (Å²) < 4.78 is 38.3. The van der Waals surface area contributed by atoms with Gasteiger partial charge in [0.1, 0.15) is 5.75 Å². The monoisotopic (exact) mass is 424 g/mol. The molecule has 0 saturated carbocycles. The Morgan fingerprint density at radius 3 is 2.86 bits per heavy atom. The van der Waals surface area contributed by atoms with Crippen molar-refractivity contribution in [2.24, 2.45) is 0 Å². The summed E-state index contributed by atoms with van der Waals surface area (Å²) >= 11 is 5.46. The SMILES string of the molecule is FC(F)(Br)Oc1ccc2c(cnn2C2CCCCO2)c1Br. The highest BCUT2D eigenvalue weighted by Crippen LogP contribution is 2.38. The van der Waals surface area contributed by atoms with E-state index in [0.29, 0.717) is 16.5 Å². The molecule has 0 aliphatic carbocycles. The van der Waals surface area contributed by atoms with E-state index in [1.54, 1.807) is 16.9 Å². The van der Waals surface area contributed by atoms with E-state index in [9.17, 15) is 8.78 Å². The number of halogens is 4. The largest absolute Gasteiger partial charge is 0.459 e. The Balaban J connectivity index is 1.98. The van der Waals surface area contributed by atoms with Crippen LogP contribution in [0.3, 0.4) is 0 Å². The summed E-state index contributed by atoms with van der Waals surface area (Å²) in [5, 5.41) is 1.62. The van der Waals surface area contributed by atoms with Crippen molar-refractivity contribution in [1.29, 1.82) is 0 Å². The molecule has 3 rings (SSSR count). The predicted octanol–water partition coefficient (Wildman–Crippen LogP) is 4.82. The number of ether oxygens (including phenoxy) is 2. The molecule has 0 radical (unpaired) electrons. The van der Waals surface area contributed by atoms with Gasteiger partial charge in [-0.3, -0.25) is 0 Å². The number of hydrogen-bond donors (Lipinski definition) is 0. The van der Waals surface area contributed by atoms with Gasteiger partial charge in [-0.05, 0) is 47.3 Å². The fourth-order valence-electron chi connectivity index (χ4n) is 2.42. The summed E-state index contributed by atoms with van der Waals surface area (Å²) in [6.45, 7) is 0.712. The van der Waals surface area contributed by atoms with Gasteiger partial charge in [0.05, 0.1) is 16.2 Å². The Kier molecular flexibility index (Phi) is 4.20. The van der Waals surface area contributed by atoms with Crippen LogP contribution in [0.5, 0.6) is 5.75 Å². The Labute approximate surface area is 136 Å². The summed E-state index contributed by atoms with van der Waals surface area (Å²) in [6, 6.07) is 3.20. The summed E-state index contributed by atoms with van der Waals surface area (Å²) in [6.07, 6.45) is 4.55. The lowest BCUT2D eigenvalue weighted by molar-refractivity contribution is -0.0806. The maximum Gasteiger partial charge on any atom is 0.459 e. The molecule has 4 nitrogen and oxygen atoms in total. The molecule has 1 atom stereocenters. The van der Waals surface area contributed by atoms with Gasteiger partial charge in [0.25, 0.3) is 0 Å². The Bertz CT molecular complexity index is 651. The fourth-order valence-corrected chi connectivity index (χ4v) is 3.11. The third kappa shape index (κ3) is 3.22. The van der Waals surface area contributed by atoms with Gasteiger partial charge in [-0.1, -0.05) is 0 Å². The molecule has 21 heavy (non-hydrogen) atoms. The van der Waals surface area contributed by atoms with Crippen LogP contribution in [0.2, 0.25) is 0 Å². The highest BCUT2D eigenvalue weighted by Gasteiger charge is 2.28. The molecule has 1 unspecified atom stereocenters. The van der Waals surface area contributed by atoms with Gasteiger partial charge in [0.2, 0.25) is 0 Å². The van der Waals surface area contributed by atoms with E-state index in [-0.39, 0.29) is 12.0 Å². The molecule has 8 heteroatoms. The molecular weight excluding hydrogens is 414 g/mol. The van der Waals surface area contributed by atoms with E-state index in [1.165, 1.54) is 6.07 Å². The second-order valence-electron chi connectivity index (χ2n) is 4.77.